The molecule has 0 saturated carbocycles. The molecule has 4 nitrogen and oxygen atoms in total. The zero-order valence-electron chi connectivity index (χ0n) is 14.2. The number of thioether (sulfide) groups is 2. The lowest BCUT2D eigenvalue weighted by atomic mass is 10.2. The fourth-order valence-electron chi connectivity index (χ4n) is 2.41. The van der Waals surface area contributed by atoms with Gasteiger partial charge in [-0.3, -0.25) is 0 Å². The molecule has 3 rings (SSSR count). The Balaban J connectivity index is 1.75. The molecule has 1 aromatic carbocycles. The summed E-state index contributed by atoms with van der Waals surface area (Å²) in [6.07, 6.45) is 0. The zero-order valence-corrected chi connectivity index (χ0v) is 16.6. The van der Waals surface area contributed by atoms with Crippen molar-refractivity contribution in [2.45, 2.75) is 35.0 Å². The van der Waals surface area contributed by atoms with Gasteiger partial charge in [0.2, 0.25) is 0 Å². The highest BCUT2D eigenvalue weighted by molar-refractivity contribution is 7.99. The number of aromatic nitrogens is 3. The standard InChI is InChI=1S/C17H17F2N3OS3/c1-3-22-15(14-5-4-8-24-14)20-21-17(22)25-10-11-6-7-13(26-16(18)19)12(9-11)23-2/h4-9,16H,3,10H2,1-2H3. The highest BCUT2D eigenvalue weighted by Gasteiger charge is 2.15. The van der Waals surface area contributed by atoms with Crippen LogP contribution in [0.4, 0.5) is 8.78 Å². The molecule has 0 atom stereocenters. The molecule has 0 amide bonds. The molecule has 0 aliphatic rings. The van der Waals surface area contributed by atoms with Crippen LogP contribution in [0, 0.1) is 0 Å². The maximum absolute atomic E-state index is 12.6. The van der Waals surface area contributed by atoms with Crippen molar-refractivity contribution >= 4 is 34.9 Å². The molecule has 0 unspecified atom stereocenters. The number of methoxy groups -OCH3 is 1. The molecule has 3 aromatic rings. The Hall–Kier alpha value is -1.58. The summed E-state index contributed by atoms with van der Waals surface area (Å²) in [5.41, 5.74) is 0.980. The predicted molar refractivity (Wildman–Crippen MR) is 103 cm³/mol. The fraction of sp³-hybridized carbons (Fsp3) is 0.294. The molecule has 138 valence electrons. The smallest absolute Gasteiger partial charge is 0.289 e. The van der Waals surface area contributed by atoms with Crippen molar-refractivity contribution in [2.75, 3.05) is 7.11 Å². The molecule has 0 aliphatic carbocycles. The van der Waals surface area contributed by atoms with Crippen LogP contribution in [0.25, 0.3) is 10.7 Å². The van der Waals surface area contributed by atoms with Crippen LogP contribution in [0.5, 0.6) is 5.75 Å². The first-order valence-corrected chi connectivity index (χ1v) is 10.6. The van der Waals surface area contributed by atoms with Crippen LogP contribution in [0.3, 0.4) is 0 Å². The van der Waals surface area contributed by atoms with Crippen molar-refractivity contribution in [2.24, 2.45) is 0 Å². The summed E-state index contributed by atoms with van der Waals surface area (Å²) < 4.78 is 32.5. The minimum Gasteiger partial charge on any atom is -0.496 e. The van der Waals surface area contributed by atoms with Crippen molar-refractivity contribution < 1.29 is 13.5 Å². The summed E-state index contributed by atoms with van der Waals surface area (Å²) in [5, 5.41) is 11.5. The van der Waals surface area contributed by atoms with Crippen molar-refractivity contribution in [1.29, 1.82) is 0 Å². The van der Waals surface area contributed by atoms with Gasteiger partial charge in [0, 0.05) is 12.3 Å². The van der Waals surface area contributed by atoms with E-state index in [2.05, 4.69) is 21.7 Å². The van der Waals surface area contributed by atoms with E-state index in [9.17, 15) is 8.78 Å². The second-order valence-corrected chi connectivity index (χ2v) is 8.10. The minimum absolute atomic E-state index is 0.438. The highest BCUT2D eigenvalue weighted by atomic mass is 32.2. The Kier molecular flexibility index (Phi) is 6.55. The van der Waals surface area contributed by atoms with Crippen LogP contribution < -0.4 is 4.74 Å². The minimum atomic E-state index is -2.47. The van der Waals surface area contributed by atoms with Gasteiger partial charge in [-0.05, 0) is 36.1 Å². The first kappa shape index (κ1) is 19.2. The molecule has 9 heteroatoms. The summed E-state index contributed by atoms with van der Waals surface area (Å²) in [6.45, 7) is 2.83. The van der Waals surface area contributed by atoms with E-state index in [0.29, 0.717) is 28.2 Å². The lowest BCUT2D eigenvalue weighted by Crippen LogP contribution is -1.99. The van der Waals surface area contributed by atoms with E-state index in [1.807, 2.05) is 23.6 Å². The van der Waals surface area contributed by atoms with Gasteiger partial charge in [-0.1, -0.05) is 35.7 Å². The maximum atomic E-state index is 12.6. The first-order chi connectivity index (χ1) is 12.6. The van der Waals surface area contributed by atoms with Gasteiger partial charge in [0.05, 0.1) is 16.9 Å². The molecule has 0 radical (unpaired) electrons. The SMILES string of the molecule is CCn1c(SCc2ccc(SC(F)F)c(OC)c2)nnc1-c1cccs1. The Labute approximate surface area is 163 Å². The number of rotatable bonds is 8. The van der Waals surface area contributed by atoms with Crippen LogP contribution >= 0.6 is 34.9 Å². The normalized spacial score (nSPS) is 11.3. The number of hydrogen-bond acceptors (Lipinski definition) is 6. The lowest BCUT2D eigenvalue weighted by Gasteiger charge is -2.10. The fourth-order valence-corrected chi connectivity index (χ4v) is 4.67. The average Bonchev–Trinajstić information content (AvgIpc) is 3.29. The molecule has 0 bridgehead atoms. The second kappa shape index (κ2) is 8.88. The number of halogens is 2. The van der Waals surface area contributed by atoms with Gasteiger partial charge in [-0.2, -0.15) is 8.78 Å². The van der Waals surface area contributed by atoms with Crippen molar-refractivity contribution in [3.8, 4) is 16.5 Å². The summed E-state index contributed by atoms with van der Waals surface area (Å²) in [4.78, 5) is 1.52. The monoisotopic (exact) mass is 413 g/mol. The lowest BCUT2D eigenvalue weighted by molar-refractivity contribution is 0.251. The van der Waals surface area contributed by atoms with E-state index in [4.69, 9.17) is 4.74 Å². The molecular formula is C17H17F2N3OS3. The van der Waals surface area contributed by atoms with Gasteiger partial charge in [0.15, 0.2) is 11.0 Å². The van der Waals surface area contributed by atoms with Gasteiger partial charge in [0.25, 0.3) is 5.76 Å². The summed E-state index contributed by atoms with van der Waals surface area (Å²) >= 11 is 3.69. The van der Waals surface area contributed by atoms with Crippen molar-refractivity contribution in [3.05, 3.63) is 41.3 Å². The quantitative estimate of drug-likeness (QED) is 0.447. The predicted octanol–water partition coefficient (Wildman–Crippen LogP) is 5.64. The van der Waals surface area contributed by atoms with Gasteiger partial charge in [-0.15, -0.1) is 21.5 Å². The molecule has 0 N–H and O–H groups in total. The molecule has 2 heterocycles. The molecule has 0 saturated heterocycles. The summed E-state index contributed by atoms with van der Waals surface area (Å²) in [6, 6.07) is 9.33. The Morgan fingerprint density at radius 3 is 2.77 bits per heavy atom. The molecule has 2 aromatic heterocycles. The molecule has 0 spiro atoms. The van der Waals surface area contributed by atoms with Gasteiger partial charge < -0.3 is 9.30 Å². The third-order valence-corrected chi connectivity index (χ3v) is 6.26. The number of alkyl halides is 2. The largest absolute Gasteiger partial charge is 0.496 e. The molecular weight excluding hydrogens is 396 g/mol. The van der Waals surface area contributed by atoms with Crippen LogP contribution in [-0.4, -0.2) is 27.6 Å². The van der Waals surface area contributed by atoms with E-state index in [-0.39, 0.29) is 0 Å². The number of ether oxygens (including phenoxy) is 1. The van der Waals surface area contributed by atoms with Crippen LogP contribution in [0.2, 0.25) is 0 Å². The molecule has 0 fully saturated rings. The topological polar surface area (TPSA) is 39.9 Å². The Morgan fingerprint density at radius 1 is 1.27 bits per heavy atom. The average molecular weight is 414 g/mol. The van der Waals surface area contributed by atoms with Gasteiger partial charge in [-0.25, -0.2) is 0 Å². The van der Waals surface area contributed by atoms with E-state index in [1.54, 1.807) is 35.2 Å². The highest BCUT2D eigenvalue weighted by Crippen LogP contribution is 2.35. The maximum Gasteiger partial charge on any atom is 0.289 e. The third kappa shape index (κ3) is 4.39. The third-order valence-electron chi connectivity index (χ3n) is 3.59. The van der Waals surface area contributed by atoms with Crippen LogP contribution in [-0.2, 0) is 12.3 Å². The zero-order chi connectivity index (χ0) is 18.5. The number of thiophene rings is 1. The summed E-state index contributed by atoms with van der Waals surface area (Å²) in [7, 11) is 1.49. The first-order valence-electron chi connectivity index (χ1n) is 7.84. The number of benzene rings is 1. The van der Waals surface area contributed by atoms with Gasteiger partial charge in [0.1, 0.15) is 5.75 Å². The van der Waals surface area contributed by atoms with Crippen molar-refractivity contribution in [1.82, 2.24) is 14.8 Å². The van der Waals surface area contributed by atoms with E-state index >= 15 is 0 Å². The van der Waals surface area contributed by atoms with Crippen LogP contribution in [0.1, 0.15) is 12.5 Å². The van der Waals surface area contributed by atoms with E-state index in [0.717, 1.165) is 28.0 Å². The van der Waals surface area contributed by atoms with E-state index in [1.165, 1.54) is 7.11 Å². The van der Waals surface area contributed by atoms with Crippen molar-refractivity contribution in [3.63, 3.8) is 0 Å². The molecule has 26 heavy (non-hydrogen) atoms. The number of hydrogen-bond donors (Lipinski definition) is 0. The van der Waals surface area contributed by atoms with E-state index < -0.39 is 5.76 Å². The van der Waals surface area contributed by atoms with Gasteiger partial charge >= 0.3 is 0 Å². The molecule has 0 aliphatic heterocycles. The Morgan fingerprint density at radius 2 is 2.12 bits per heavy atom. The van der Waals surface area contributed by atoms with Crippen LogP contribution in [0.15, 0.2) is 45.8 Å². The summed E-state index contributed by atoms with van der Waals surface area (Å²) in [5.74, 6) is -0.489. The number of nitrogens with zero attached hydrogens (tertiary/aromatic N) is 3. The second-order valence-electron chi connectivity index (χ2n) is 5.18. The Bertz CT molecular complexity index is 853.